The summed E-state index contributed by atoms with van der Waals surface area (Å²) in [7, 11) is 0. The minimum absolute atomic E-state index is 0.0322. The summed E-state index contributed by atoms with van der Waals surface area (Å²) in [6, 6.07) is 0. The fourth-order valence-corrected chi connectivity index (χ4v) is 11.0. The first kappa shape index (κ1) is 30.1. The number of rotatable bonds is 7. The average molecular weight is 619 g/mol. The lowest BCUT2D eigenvalue weighted by atomic mass is 9.57. The summed E-state index contributed by atoms with van der Waals surface area (Å²) >= 11 is 0. The van der Waals surface area contributed by atoms with Gasteiger partial charge in [0.1, 0.15) is 0 Å². The fourth-order valence-electron chi connectivity index (χ4n) is 11.0. The van der Waals surface area contributed by atoms with Crippen LogP contribution in [0.25, 0.3) is 0 Å². The molecule has 4 bridgehead atoms. The largest absolute Gasteiger partial charge is 0.432 e. The summed E-state index contributed by atoms with van der Waals surface area (Å²) in [5.74, 6) is -1.01. The van der Waals surface area contributed by atoms with Crippen LogP contribution in [0.15, 0.2) is 0 Å². The molecular weight excluding hydrogens is 568 g/mol. The molecule has 2 saturated carbocycles. The van der Waals surface area contributed by atoms with Crippen LogP contribution in [-0.4, -0.2) is 47.3 Å². The highest BCUT2D eigenvalue weighted by Crippen LogP contribution is 2.62. The van der Waals surface area contributed by atoms with Crippen LogP contribution in [0.1, 0.15) is 118 Å². The second-order valence-corrected chi connectivity index (χ2v) is 15.9. The molecule has 10 rings (SSSR count). The molecule has 0 aromatic carbocycles. The molecule has 10 fully saturated rings. The summed E-state index contributed by atoms with van der Waals surface area (Å²) in [4.78, 5) is 51.0. The van der Waals surface area contributed by atoms with E-state index in [9.17, 15) is 9.59 Å². The second-order valence-electron chi connectivity index (χ2n) is 15.9. The third-order valence-electron chi connectivity index (χ3n) is 13.4. The molecule has 2 spiro atoms. The van der Waals surface area contributed by atoms with Crippen LogP contribution in [-0.2, 0) is 48.1 Å². The van der Waals surface area contributed by atoms with Crippen molar-refractivity contribution in [2.75, 3.05) is 0 Å². The van der Waals surface area contributed by atoms with Crippen LogP contribution in [0.4, 0.5) is 0 Å². The van der Waals surface area contributed by atoms with E-state index in [1.54, 1.807) is 0 Å². The smallest absolute Gasteiger partial charge is 0.311 e. The van der Waals surface area contributed by atoms with Crippen LogP contribution < -0.4 is 0 Å². The third-order valence-corrected chi connectivity index (χ3v) is 13.4. The first-order chi connectivity index (χ1) is 21.1. The molecule has 10 heteroatoms. The van der Waals surface area contributed by atoms with Gasteiger partial charge in [-0.15, -0.1) is 0 Å². The summed E-state index contributed by atoms with van der Waals surface area (Å²) in [6.45, 7) is 8.33. The van der Waals surface area contributed by atoms with Crippen LogP contribution in [0.2, 0.25) is 0 Å². The Morgan fingerprint density at radius 3 is 1.43 bits per heavy atom. The van der Waals surface area contributed by atoms with E-state index in [-0.39, 0.29) is 47.4 Å². The number of hydrogen-bond donors (Lipinski definition) is 0. The molecule has 8 saturated heterocycles. The Bertz CT molecular complexity index is 1070. The Balaban J connectivity index is 0.891. The average Bonchev–Trinajstić information content (AvgIpc) is 3.36. The molecule has 0 aromatic heterocycles. The van der Waals surface area contributed by atoms with E-state index in [4.69, 9.17) is 38.5 Å². The van der Waals surface area contributed by atoms with E-state index in [0.717, 1.165) is 89.9 Å². The molecule has 0 N–H and O–H groups in total. The molecular formula is C34H50O10. The number of fused-ring (bicyclic) bond motifs is 4. The molecule has 8 aliphatic heterocycles. The highest BCUT2D eigenvalue weighted by molar-refractivity contribution is 5.75. The fraction of sp³-hybridized carbons (Fsp3) is 0.941. The van der Waals surface area contributed by atoms with Gasteiger partial charge >= 0.3 is 11.9 Å². The minimum atomic E-state index is -0.868. The molecule has 10 aliphatic rings. The van der Waals surface area contributed by atoms with E-state index in [0.29, 0.717) is 11.8 Å². The lowest BCUT2D eigenvalue weighted by Crippen LogP contribution is -2.70. The van der Waals surface area contributed by atoms with Crippen molar-refractivity contribution in [1.29, 1.82) is 0 Å². The van der Waals surface area contributed by atoms with Gasteiger partial charge in [-0.05, 0) is 77.0 Å². The number of carbonyl (C=O) groups excluding carboxylic acids is 2. The Kier molecular flexibility index (Phi) is 7.25. The van der Waals surface area contributed by atoms with Crippen molar-refractivity contribution >= 4 is 11.9 Å². The summed E-state index contributed by atoms with van der Waals surface area (Å²) in [5.41, 5.74) is -1.44. The molecule has 0 unspecified atom stereocenters. The number of ether oxygens (including phenoxy) is 4. The summed E-state index contributed by atoms with van der Waals surface area (Å²) < 4.78 is 24.5. The van der Waals surface area contributed by atoms with Crippen molar-refractivity contribution in [3.05, 3.63) is 0 Å². The molecule has 14 atom stereocenters. The molecule has 2 aliphatic carbocycles. The quantitative estimate of drug-likeness (QED) is 0.189. The monoisotopic (exact) mass is 618 g/mol. The highest BCUT2D eigenvalue weighted by Gasteiger charge is 2.72. The first-order valence-corrected chi connectivity index (χ1v) is 17.6. The molecule has 8 heterocycles. The lowest BCUT2D eigenvalue weighted by molar-refractivity contribution is -0.559. The molecule has 246 valence electrons. The summed E-state index contributed by atoms with van der Waals surface area (Å²) in [6.07, 6.45) is 11.3. The lowest BCUT2D eigenvalue weighted by Gasteiger charge is -2.58. The van der Waals surface area contributed by atoms with Gasteiger partial charge in [-0.25, -0.2) is 19.6 Å². The van der Waals surface area contributed by atoms with Crippen LogP contribution in [0, 0.1) is 47.3 Å². The van der Waals surface area contributed by atoms with Crippen molar-refractivity contribution in [2.24, 2.45) is 47.3 Å². The van der Waals surface area contributed by atoms with E-state index in [2.05, 4.69) is 13.8 Å². The topological polar surface area (TPSA) is 108 Å². The third kappa shape index (κ3) is 4.33. The van der Waals surface area contributed by atoms with Gasteiger partial charge < -0.3 is 18.9 Å². The first-order valence-electron chi connectivity index (χ1n) is 17.6. The maximum atomic E-state index is 13.3. The van der Waals surface area contributed by atoms with Crippen molar-refractivity contribution in [1.82, 2.24) is 0 Å². The van der Waals surface area contributed by atoms with Gasteiger partial charge in [0.25, 0.3) is 0 Å². The van der Waals surface area contributed by atoms with Crippen molar-refractivity contribution < 1.29 is 48.1 Å². The van der Waals surface area contributed by atoms with Crippen molar-refractivity contribution in [2.45, 2.75) is 153 Å². The number of unbranched alkanes of at least 4 members (excludes halogenated alkanes) is 3. The zero-order chi connectivity index (χ0) is 30.5. The minimum Gasteiger partial charge on any atom is -0.432 e. The van der Waals surface area contributed by atoms with E-state index in [1.165, 1.54) is 0 Å². The van der Waals surface area contributed by atoms with Gasteiger partial charge in [-0.1, -0.05) is 39.5 Å². The van der Waals surface area contributed by atoms with Crippen molar-refractivity contribution in [3.63, 3.8) is 0 Å². The van der Waals surface area contributed by atoms with Gasteiger partial charge in [0.05, 0.1) is 11.8 Å². The van der Waals surface area contributed by atoms with Gasteiger partial charge in [0.15, 0.2) is 11.2 Å². The Morgan fingerprint density at radius 1 is 0.568 bits per heavy atom. The molecule has 10 nitrogen and oxygen atoms in total. The number of carbonyl (C=O) groups is 2. The number of esters is 2. The SMILES string of the molecule is C[C@@H]1CC[C@H]2[C@H](CCCCCC[C@H]3C(=O)O[C@@H]4O[C@]5(C)CC[C@H]6[C@H](C)CC[C@@H]3[C@@]46OO5)C(=O)O[C@@H]3O[C@]4(C)CC[C@@H]1[C@]32OO4. The molecule has 0 aromatic rings. The van der Waals surface area contributed by atoms with E-state index >= 15 is 0 Å². The highest BCUT2D eigenvalue weighted by atomic mass is 17.3. The molecule has 44 heavy (non-hydrogen) atoms. The predicted molar refractivity (Wildman–Crippen MR) is 152 cm³/mol. The molecule has 0 radical (unpaired) electrons. The van der Waals surface area contributed by atoms with Crippen LogP contribution in [0.3, 0.4) is 0 Å². The molecule has 0 amide bonds. The van der Waals surface area contributed by atoms with E-state index in [1.807, 2.05) is 13.8 Å². The van der Waals surface area contributed by atoms with Gasteiger partial charge in [-0.2, -0.15) is 0 Å². The van der Waals surface area contributed by atoms with Crippen LogP contribution in [0.5, 0.6) is 0 Å². The Labute approximate surface area is 260 Å². The van der Waals surface area contributed by atoms with Gasteiger partial charge in [0.2, 0.25) is 24.2 Å². The maximum Gasteiger partial charge on any atom is 0.311 e. The second kappa shape index (κ2) is 10.6. The van der Waals surface area contributed by atoms with Gasteiger partial charge in [-0.3, -0.25) is 9.59 Å². The number of hydrogen-bond acceptors (Lipinski definition) is 10. The maximum absolute atomic E-state index is 13.3. The van der Waals surface area contributed by atoms with Gasteiger partial charge in [0, 0.05) is 36.5 Å². The summed E-state index contributed by atoms with van der Waals surface area (Å²) in [5, 5.41) is 0. The van der Waals surface area contributed by atoms with Crippen LogP contribution >= 0.6 is 0 Å². The predicted octanol–water partition coefficient (Wildman–Crippen LogP) is 6.10. The zero-order valence-corrected chi connectivity index (χ0v) is 26.8. The normalized spacial score (nSPS) is 54.0. The Hall–Kier alpha value is -1.30. The standard InChI is InChI=1S/C34H50O10/c1-19-11-13-25-21(27(35)37-29-33(25)23(19)15-17-31(3,39-29)41-43-33)9-7-5-6-8-10-22-26-14-12-20(2)24-16-18-32(4)40-30(38-28(22)36)34(24,26)44-42-32/h19-26,29-30H,5-18H2,1-4H3/t19-,20-,21-,22+,23+,24+,25+,26+,29-,30-,31+,32+,33-,34-/m1/s1. The Morgan fingerprint density at radius 2 is 1.00 bits per heavy atom. The zero-order valence-electron chi connectivity index (χ0n) is 26.8. The van der Waals surface area contributed by atoms with Crippen molar-refractivity contribution in [3.8, 4) is 0 Å². The van der Waals surface area contributed by atoms with E-state index < -0.39 is 35.4 Å².